The van der Waals surface area contributed by atoms with E-state index in [9.17, 15) is 14.7 Å². The van der Waals surface area contributed by atoms with Gasteiger partial charge in [0, 0.05) is 17.0 Å². The van der Waals surface area contributed by atoms with E-state index in [2.05, 4.69) is 18.0 Å². The van der Waals surface area contributed by atoms with E-state index in [1.54, 1.807) is 7.11 Å². The van der Waals surface area contributed by atoms with Crippen LogP contribution in [-0.4, -0.2) is 87.4 Å². The summed E-state index contributed by atoms with van der Waals surface area (Å²) >= 11 is 0. The van der Waals surface area contributed by atoms with Crippen LogP contribution in [0.4, 0.5) is 0 Å². The monoisotopic (exact) mass is 449 g/mol. The molecule has 0 radical (unpaired) electrons. The second-order valence-corrected chi connectivity index (χ2v) is 8.71. The molecular formula is C22H27NO9. The fourth-order valence-electron chi connectivity index (χ4n) is 5.76. The first-order valence-corrected chi connectivity index (χ1v) is 10.4. The summed E-state index contributed by atoms with van der Waals surface area (Å²) in [4.78, 5) is 22.0. The second-order valence-electron chi connectivity index (χ2n) is 8.71. The predicted molar refractivity (Wildman–Crippen MR) is 110 cm³/mol. The third-order valence-electron chi connectivity index (χ3n) is 7.25. The molecule has 0 aromatic heterocycles. The normalized spacial score (nSPS) is 31.1. The van der Waals surface area contributed by atoms with E-state index in [4.69, 9.17) is 29.9 Å². The summed E-state index contributed by atoms with van der Waals surface area (Å²) in [5.41, 5.74) is 2.64. The lowest BCUT2D eigenvalue weighted by molar-refractivity contribution is -0.165. The molecule has 2 heterocycles. The molecule has 174 valence electrons. The number of nitrogens with zero attached hydrogens (tertiary/aromatic N) is 1. The molecule has 1 fully saturated rings. The minimum Gasteiger partial charge on any atom is -0.509 e. The molecule has 5 rings (SSSR count). The van der Waals surface area contributed by atoms with Crippen molar-refractivity contribution in [3.63, 3.8) is 0 Å². The standard InChI is InChI=1S/C18H21NO3.C4H6O6/c1-19-8-7-18-11-4-5-13(20)17(18)22-16-14(21-2)6-3-10(15(16)18)9-12(11)19;5-1(3(7)8)2(6)4(9)10/h3,5-6,11-12,17,20H,4,7-9H2,1-2H3;1-2,5-6H,(H,7,8)(H,9,10)/t11?,12-,17?,18+;/m0./s1. The lowest BCUT2D eigenvalue weighted by Crippen LogP contribution is -2.63. The third-order valence-corrected chi connectivity index (χ3v) is 7.25. The van der Waals surface area contributed by atoms with E-state index < -0.39 is 24.1 Å². The van der Waals surface area contributed by atoms with Gasteiger partial charge in [0.15, 0.2) is 29.8 Å². The molecule has 0 amide bonds. The van der Waals surface area contributed by atoms with Gasteiger partial charge in [-0.1, -0.05) is 6.07 Å². The second kappa shape index (κ2) is 7.95. The van der Waals surface area contributed by atoms with Crippen LogP contribution in [0, 0.1) is 5.92 Å². The highest BCUT2D eigenvalue weighted by Crippen LogP contribution is 2.63. The summed E-state index contributed by atoms with van der Waals surface area (Å²) < 4.78 is 11.8. The van der Waals surface area contributed by atoms with Crippen molar-refractivity contribution < 1.29 is 44.6 Å². The number of carboxylic acids is 2. The number of aliphatic carboxylic acids is 2. The molecule has 6 atom stereocenters. The first-order chi connectivity index (χ1) is 15.1. The van der Waals surface area contributed by atoms with Crippen LogP contribution >= 0.6 is 0 Å². The van der Waals surface area contributed by atoms with Gasteiger partial charge in [0.1, 0.15) is 5.76 Å². The number of hydrogen-bond donors (Lipinski definition) is 5. The number of methoxy groups -OCH3 is 1. The number of ether oxygens (including phenoxy) is 2. The largest absolute Gasteiger partial charge is 0.509 e. The lowest BCUT2D eigenvalue weighted by atomic mass is 9.53. The average Bonchev–Trinajstić information content (AvgIpc) is 3.12. The van der Waals surface area contributed by atoms with Crippen molar-refractivity contribution >= 4 is 11.9 Å². The van der Waals surface area contributed by atoms with Crippen molar-refractivity contribution in [2.75, 3.05) is 20.7 Å². The Hall–Kier alpha value is -2.82. The van der Waals surface area contributed by atoms with Crippen molar-refractivity contribution in [2.24, 2.45) is 5.92 Å². The van der Waals surface area contributed by atoms with Crippen LogP contribution in [0.1, 0.15) is 24.0 Å². The van der Waals surface area contributed by atoms with Gasteiger partial charge in [-0.05, 0) is 56.5 Å². The van der Waals surface area contributed by atoms with Gasteiger partial charge in [-0.25, -0.2) is 9.59 Å². The van der Waals surface area contributed by atoms with Crippen LogP contribution in [0.3, 0.4) is 0 Å². The molecule has 1 saturated heterocycles. The quantitative estimate of drug-likeness (QED) is 0.433. The number of aliphatic hydroxyl groups is 3. The van der Waals surface area contributed by atoms with Crippen LogP contribution in [0.15, 0.2) is 24.0 Å². The zero-order valence-corrected chi connectivity index (χ0v) is 17.8. The topological polar surface area (TPSA) is 157 Å². The molecule has 2 aliphatic heterocycles. The number of hydrogen-bond acceptors (Lipinski definition) is 8. The summed E-state index contributed by atoms with van der Waals surface area (Å²) in [6.45, 7) is 1.06. The van der Waals surface area contributed by atoms with Crippen LogP contribution in [0.5, 0.6) is 11.5 Å². The number of benzene rings is 1. The molecule has 2 bridgehead atoms. The maximum Gasteiger partial charge on any atom is 0.335 e. The number of piperidine rings is 1. The Balaban J connectivity index is 0.000000211. The molecule has 32 heavy (non-hydrogen) atoms. The first kappa shape index (κ1) is 22.4. The van der Waals surface area contributed by atoms with E-state index in [1.807, 2.05) is 12.1 Å². The zero-order valence-electron chi connectivity index (χ0n) is 17.8. The van der Waals surface area contributed by atoms with Crippen LogP contribution in [0.2, 0.25) is 0 Å². The lowest BCUT2D eigenvalue weighted by Gasteiger charge is -2.56. The highest BCUT2D eigenvalue weighted by molar-refractivity contribution is 5.83. The summed E-state index contributed by atoms with van der Waals surface area (Å²) in [6.07, 6.45) is 0.267. The van der Waals surface area contributed by atoms with Gasteiger partial charge in [-0.2, -0.15) is 0 Å². The van der Waals surface area contributed by atoms with E-state index in [1.165, 1.54) is 11.1 Å². The van der Waals surface area contributed by atoms with Crippen LogP contribution in [0.25, 0.3) is 0 Å². The number of likely N-dealkylation sites (N-methyl/N-ethyl adjacent to an activating group) is 1. The minimum atomic E-state index is -2.27. The molecule has 10 heteroatoms. The Morgan fingerprint density at radius 1 is 1.22 bits per heavy atom. The Bertz CT molecular complexity index is 958. The molecule has 10 nitrogen and oxygen atoms in total. The first-order valence-electron chi connectivity index (χ1n) is 10.4. The van der Waals surface area contributed by atoms with Gasteiger partial charge in [0.05, 0.1) is 7.11 Å². The van der Waals surface area contributed by atoms with Gasteiger partial charge in [-0.15, -0.1) is 0 Å². The van der Waals surface area contributed by atoms with Gasteiger partial charge >= 0.3 is 11.9 Å². The Morgan fingerprint density at radius 2 is 1.88 bits per heavy atom. The maximum absolute atomic E-state index is 10.5. The molecule has 5 N–H and O–H groups in total. The highest BCUT2D eigenvalue weighted by atomic mass is 16.5. The molecule has 4 aliphatic rings. The molecular weight excluding hydrogens is 422 g/mol. The fraction of sp³-hybridized carbons (Fsp3) is 0.545. The van der Waals surface area contributed by atoms with Crippen molar-refractivity contribution in [2.45, 2.75) is 49.0 Å². The average molecular weight is 449 g/mol. The van der Waals surface area contributed by atoms with Crippen LogP contribution in [-0.2, 0) is 21.4 Å². The van der Waals surface area contributed by atoms with E-state index in [0.717, 1.165) is 37.3 Å². The van der Waals surface area contributed by atoms with Gasteiger partial charge < -0.3 is 39.9 Å². The molecule has 1 spiro atoms. The van der Waals surface area contributed by atoms with Crippen molar-refractivity contribution in [1.29, 1.82) is 0 Å². The summed E-state index contributed by atoms with van der Waals surface area (Å²) in [5.74, 6) is -0.935. The molecule has 0 saturated carbocycles. The fourth-order valence-corrected chi connectivity index (χ4v) is 5.76. The number of carbonyl (C=O) groups is 2. The summed E-state index contributed by atoms with van der Waals surface area (Å²) in [5, 5.41) is 43.0. The van der Waals surface area contributed by atoms with Gasteiger partial charge in [-0.3, -0.25) is 0 Å². The number of carboxylic acid groups (broad SMARTS) is 2. The van der Waals surface area contributed by atoms with E-state index >= 15 is 0 Å². The molecule has 1 aromatic carbocycles. The van der Waals surface area contributed by atoms with E-state index in [-0.39, 0.29) is 11.5 Å². The summed E-state index contributed by atoms with van der Waals surface area (Å²) in [6, 6.07) is 4.75. The Labute approximate surface area is 184 Å². The third kappa shape index (κ3) is 3.13. The molecule has 2 aliphatic carbocycles. The highest BCUT2D eigenvalue weighted by Gasteiger charge is 2.64. The number of likely N-dealkylation sites (tertiary alicyclic amines) is 1. The number of aliphatic hydroxyl groups excluding tert-OH is 3. The molecule has 1 aromatic rings. The predicted octanol–water partition coefficient (Wildman–Crippen LogP) is 0.293. The van der Waals surface area contributed by atoms with Crippen molar-refractivity contribution in [3.05, 3.63) is 35.1 Å². The van der Waals surface area contributed by atoms with Crippen LogP contribution < -0.4 is 9.47 Å². The maximum atomic E-state index is 10.5. The summed E-state index contributed by atoms with van der Waals surface area (Å²) in [7, 11) is 3.92. The van der Waals surface area contributed by atoms with E-state index in [0.29, 0.717) is 17.7 Å². The smallest absolute Gasteiger partial charge is 0.335 e. The number of rotatable bonds is 4. The Kier molecular flexibility index (Phi) is 5.56. The van der Waals surface area contributed by atoms with Crippen molar-refractivity contribution in [1.82, 2.24) is 4.90 Å². The number of allylic oxidation sites excluding steroid dienone is 1. The zero-order chi connectivity index (χ0) is 23.4. The minimum absolute atomic E-state index is 0.0620. The van der Waals surface area contributed by atoms with Gasteiger partial charge in [0.2, 0.25) is 0 Å². The Morgan fingerprint density at radius 3 is 2.47 bits per heavy atom. The van der Waals surface area contributed by atoms with Gasteiger partial charge in [0.25, 0.3) is 0 Å². The SMILES string of the molecule is COc1ccc2c3c1OC1C(O)=CCC4[C@H](C2)N(C)CC[C@@]314.O=C(O)C(O)C(O)C(=O)O. The van der Waals surface area contributed by atoms with Crippen molar-refractivity contribution in [3.8, 4) is 11.5 Å². The molecule has 4 unspecified atom stereocenters.